The predicted octanol–water partition coefficient (Wildman–Crippen LogP) is 0.957. The quantitative estimate of drug-likeness (QED) is 0.841. The zero-order valence-corrected chi connectivity index (χ0v) is 10.5. The lowest BCUT2D eigenvalue weighted by atomic mass is 9.95. The molecule has 4 rings (SSSR count). The lowest BCUT2D eigenvalue weighted by Gasteiger charge is -2.21. The fourth-order valence-corrected chi connectivity index (χ4v) is 3.29. The SMILES string of the molecule is O=C(N[C@@H]1C[C@H]2CC[C@@H]1N2)c1ccc2nccn2c1. The molecule has 0 radical (unpaired) electrons. The number of fused-ring (bicyclic) bond motifs is 3. The number of hydrogen-bond acceptors (Lipinski definition) is 3. The second-order valence-corrected chi connectivity index (χ2v) is 5.47. The van der Waals surface area contributed by atoms with Crippen LogP contribution < -0.4 is 10.6 Å². The zero-order chi connectivity index (χ0) is 12.8. The van der Waals surface area contributed by atoms with Crippen LogP contribution in [-0.4, -0.2) is 33.4 Å². The molecule has 2 aromatic rings. The van der Waals surface area contributed by atoms with Crippen molar-refractivity contribution in [2.45, 2.75) is 37.4 Å². The van der Waals surface area contributed by atoms with Gasteiger partial charge in [0.2, 0.25) is 0 Å². The summed E-state index contributed by atoms with van der Waals surface area (Å²) in [6, 6.07) is 5.05. The van der Waals surface area contributed by atoms with Gasteiger partial charge >= 0.3 is 0 Å². The van der Waals surface area contributed by atoms with Crippen LogP contribution in [0.25, 0.3) is 5.65 Å². The molecule has 2 aliphatic rings. The van der Waals surface area contributed by atoms with Gasteiger partial charge in [-0.2, -0.15) is 0 Å². The van der Waals surface area contributed by atoms with E-state index in [2.05, 4.69) is 15.6 Å². The number of amides is 1. The van der Waals surface area contributed by atoms with Gasteiger partial charge in [0.1, 0.15) is 5.65 Å². The third-order valence-corrected chi connectivity index (χ3v) is 4.27. The normalized spacial score (nSPS) is 28.9. The highest BCUT2D eigenvalue weighted by Gasteiger charge is 2.39. The summed E-state index contributed by atoms with van der Waals surface area (Å²) in [7, 11) is 0. The summed E-state index contributed by atoms with van der Waals surface area (Å²) in [5, 5.41) is 6.68. The molecule has 0 aliphatic carbocycles. The van der Waals surface area contributed by atoms with Crippen LogP contribution in [0.5, 0.6) is 0 Å². The Labute approximate surface area is 111 Å². The Morgan fingerprint density at radius 1 is 1.42 bits per heavy atom. The van der Waals surface area contributed by atoms with E-state index in [1.54, 1.807) is 6.20 Å². The summed E-state index contributed by atoms with van der Waals surface area (Å²) in [6.45, 7) is 0. The number of aromatic nitrogens is 2. The first-order valence-electron chi connectivity index (χ1n) is 6.79. The maximum Gasteiger partial charge on any atom is 0.253 e. The highest BCUT2D eigenvalue weighted by atomic mass is 16.1. The molecule has 4 heterocycles. The average molecular weight is 256 g/mol. The number of nitrogens with one attached hydrogen (secondary N) is 2. The number of nitrogens with zero attached hydrogens (tertiary/aromatic N) is 2. The molecule has 2 N–H and O–H groups in total. The molecule has 19 heavy (non-hydrogen) atoms. The Hall–Kier alpha value is -1.88. The average Bonchev–Trinajstić information content (AvgIpc) is 3.13. The van der Waals surface area contributed by atoms with Gasteiger partial charge in [-0.3, -0.25) is 4.79 Å². The van der Waals surface area contributed by atoms with Gasteiger partial charge in [0, 0.05) is 36.7 Å². The molecular formula is C14H16N4O. The molecule has 2 fully saturated rings. The molecule has 0 spiro atoms. The molecular weight excluding hydrogens is 240 g/mol. The molecule has 0 aromatic carbocycles. The number of carbonyl (C=O) groups excluding carboxylic acids is 1. The Bertz CT molecular complexity index is 635. The van der Waals surface area contributed by atoms with E-state index in [4.69, 9.17) is 0 Å². The van der Waals surface area contributed by atoms with Crippen molar-refractivity contribution in [3.63, 3.8) is 0 Å². The first-order chi connectivity index (χ1) is 9.29. The maximum atomic E-state index is 12.3. The summed E-state index contributed by atoms with van der Waals surface area (Å²) in [4.78, 5) is 16.4. The van der Waals surface area contributed by atoms with Crippen LogP contribution >= 0.6 is 0 Å². The molecule has 1 amide bonds. The largest absolute Gasteiger partial charge is 0.348 e. The van der Waals surface area contributed by atoms with E-state index >= 15 is 0 Å². The van der Waals surface area contributed by atoms with Crippen molar-refractivity contribution < 1.29 is 4.79 Å². The van der Waals surface area contributed by atoms with Crippen molar-refractivity contribution in [1.82, 2.24) is 20.0 Å². The number of hydrogen-bond donors (Lipinski definition) is 2. The van der Waals surface area contributed by atoms with Crippen molar-refractivity contribution in [2.75, 3.05) is 0 Å². The minimum atomic E-state index is 0.00921. The molecule has 2 saturated heterocycles. The Morgan fingerprint density at radius 2 is 2.37 bits per heavy atom. The second-order valence-electron chi connectivity index (χ2n) is 5.47. The van der Waals surface area contributed by atoms with Gasteiger partial charge in [-0.1, -0.05) is 0 Å². The standard InChI is InChI=1S/C14H16N4O/c19-14(17-12-7-10-2-3-11(12)16-10)9-1-4-13-15-5-6-18(13)8-9/h1,4-6,8,10-12,16H,2-3,7H2,(H,17,19)/t10-,11+,12-/m1/s1. The van der Waals surface area contributed by atoms with Crippen LogP contribution in [-0.2, 0) is 0 Å². The highest BCUT2D eigenvalue weighted by Crippen LogP contribution is 2.28. The van der Waals surface area contributed by atoms with Crippen molar-refractivity contribution in [2.24, 2.45) is 0 Å². The third-order valence-electron chi connectivity index (χ3n) is 4.27. The van der Waals surface area contributed by atoms with Crippen LogP contribution in [0.4, 0.5) is 0 Å². The molecule has 5 heteroatoms. The number of rotatable bonds is 2. The summed E-state index contributed by atoms with van der Waals surface area (Å²) in [5.41, 5.74) is 1.55. The van der Waals surface area contributed by atoms with Crippen LogP contribution in [0, 0.1) is 0 Å². The molecule has 0 unspecified atom stereocenters. The van der Waals surface area contributed by atoms with Gasteiger partial charge in [-0.15, -0.1) is 0 Å². The topological polar surface area (TPSA) is 58.4 Å². The summed E-state index contributed by atoms with van der Waals surface area (Å²) < 4.78 is 1.87. The van der Waals surface area contributed by atoms with Crippen LogP contribution in [0.3, 0.4) is 0 Å². The Balaban J connectivity index is 1.53. The fraction of sp³-hybridized carbons (Fsp3) is 0.429. The van der Waals surface area contributed by atoms with E-state index < -0.39 is 0 Å². The van der Waals surface area contributed by atoms with Crippen LogP contribution in [0.15, 0.2) is 30.7 Å². The molecule has 2 aliphatic heterocycles. The second kappa shape index (κ2) is 4.06. The van der Waals surface area contributed by atoms with E-state index in [9.17, 15) is 4.79 Å². The lowest BCUT2D eigenvalue weighted by Crippen LogP contribution is -2.42. The van der Waals surface area contributed by atoms with Gasteiger partial charge < -0.3 is 15.0 Å². The Morgan fingerprint density at radius 3 is 3.16 bits per heavy atom. The van der Waals surface area contributed by atoms with Gasteiger partial charge in [-0.05, 0) is 31.4 Å². The molecule has 2 bridgehead atoms. The maximum absolute atomic E-state index is 12.3. The predicted molar refractivity (Wildman–Crippen MR) is 71.0 cm³/mol. The van der Waals surface area contributed by atoms with Gasteiger partial charge in [-0.25, -0.2) is 4.98 Å². The van der Waals surface area contributed by atoms with Gasteiger partial charge in [0.15, 0.2) is 0 Å². The lowest BCUT2D eigenvalue weighted by molar-refractivity contribution is 0.0930. The van der Waals surface area contributed by atoms with Crippen LogP contribution in [0.2, 0.25) is 0 Å². The molecule has 0 saturated carbocycles. The van der Waals surface area contributed by atoms with Crippen molar-refractivity contribution in [3.05, 3.63) is 36.3 Å². The minimum absolute atomic E-state index is 0.00921. The van der Waals surface area contributed by atoms with Crippen molar-refractivity contribution >= 4 is 11.6 Å². The molecule has 98 valence electrons. The summed E-state index contributed by atoms with van der Waals surface area (Å²) in [5.74, 6) is 0.00921. The van der Waals surface area contributed by atoms with Gasteiger partial charge in [0.25, 0.3) is 5.91 Å². The van der Waals surface area contributed by atoms with E-state index in [0.29, 0.717) is 17.6 Å². The minimum Gasteiger partial charge on any atom is -0.348 e. The van der Waals surface area contributed by atoms with E-state index in [1.807, 2.05) is 28.9 Å². The third kappa shape index (κ3) is 1.81. The van der Waals surface area contributed by atoms with E-state index in [0.717, 1.165) is 12.1 Å². The number of carbonyl (C=O) groups is 1. The summed E-state index contributed by atoms with van der Waals surface area (Å²) >= 11 is 0. The summed E-state index contributed by atoms with van der Waals surface area (Å²) in [6.07, 6.45) is 8.90. The molecule has 3 atom stereocenters. The van der Waals surface area contributed by atoms with Gasteiger partial charge in [0.05, 0.1) is 5.56 Å². The van der Waals surface area contributed by atoms with Crippen LogP contribution in [0.1, 0.15) is 29.6 Å². The first kappa shape index (κ1) is 11.0. The highest BCUT2D eigenvalue weighted by molar-refractivity contribution is 5.94. The van der Waals surface area contributed by atoms with E-state index in [1.165, 1.54) is 12.8 Å². The first-order valence-corrected chi connectivity index (χ1v) is 6.79. The molecule has 2 aromatic heterocycles. The number of imidazole rings is 1. The zero-order valence-electron chi connectivity index (χ0n) is 10.5. The smallest absolute Gasteiger partial charge is 0.253 e. The monoisotopic (exact) mass is 256 g/mol. The van der Waals surface area contributed by atoms with Crippen molar-refractivity contribution in [1.29, 1.82) is 0 Å². The molecule has 5 nitrogen and oxygen atoms in total. The number of pyridine rings is 1. The van der Waals surface area contributed by atoms with Crippen molar-refractivity contribution in [3.8, 4) is 0 Å². The van der Waals surface area contributed by atoms with E-state index in [-0.39, 0.29) is 11.9 Å². The Kier molecular flexibility index (Phi) is 2.35. The fourth-order valence-electron chi connectivity index (χ4n) is 3.29.